The fourth-order valence-corrected chi connectivity index (χ4v) is 2.84. The van der Waals surface area contributed by atoms with Crippen molar-refractivity contribution in [2.45, 2.75) is 9.92 Å². The Kier molecular flexibility index (Phi) is 3.98. The van der Waals surface area contributed by atoms with Crippen molar-refractivity contribution in [3.8, 4) is 0 Å². The van der Waals surface area contributed by atoms with Gasteiger partial charge in [0.1, 0.15) is 10.9 Å². The number of benzene rings is 1. The topological polar surface area (TPSA) is 62.8 Å². The van der Waals surface area contributed by atoms with Crippen molar-refractivity contribution in [3.05, 3.63) is 52.4 Å². The van der Waals surface area contributed by atoms with Crippen LogP contribution >= 0.6 is 27.7 Å². The minimum atomic E-state index is -0.432. The molecule has 0 bridgehead atoms. The lowest BCUT2D eigenvalue weighted by Gasteiger charge is -2.07. The summed E-state index contributed by atoms with van der Waals surface area (Å²) in [6.07, 6.45) is 1.65. The van der Waals surface area contributed by atoms with Gasteiger partial charge in [0.25, 0.3) is 0 Å². The number of amidine groups is 1. The highest BCUT2D eigenvalue weighted by Crippen LogP contribution is 2.33. The standard InChI is InChI=1S/C12H9BrFN3S/c13-10-7(12(15)16)4-5-8(11(10)14)18-9-3-1-2-6-17-9/h1-6H,(H3,15,16). The molecule has 0 aliphatic rings. The Morgan fingerprint density at radius 2 is 2.11 bits per heavy atom. The second-order valence-electron chi connectivity index (χ2n) is 3.42. The summed E-state index contributed by atoms with van der Waals surface area (Å²) in [6.45, 7) is 0. The number of pyridine rings is 1. The Bertz CT molecular complexity index is 589. The summed E-state index contributed by atoms with van der Waals surface area (Å²) in [5.74, 6) is -0.603. The Labute approximate surface area is 116 Å². The Balaban J connectivity index is 2.36. The van der Waals surface area contributed by atoms with Crippen LogP contribution in [0.1, 0.15) is 5.56 Å². The molecule has 0 amide bonds. The van der Waals surface area contributed by atoms with E-state index in [1.165, 1.54) is 11.8 Å². The maximum absolute atomic E-state index is 14.1. The van der Waals surface area contributed by atoms with E-state index in [1.54, 1.807) is 30.5 Å². The molecular formula is C12H9BrFN3S. The van der Waals surface area contributed by atoms with Gasteiger partial charge in [0, 0.05) is 11.8 Å². The van der Waals surface area contributed by atoms with Gasteiger partial charge in [0.2, 0.25) is 0 Å². The predicted molar refractivity (Wildman–Crippen MR) is 73.5 cm³/mol. The molecule has 2 aromatic rings. The van der Waals surface area contributed by atoms with Crippen LogP contribution < -0.4 is 5.73 Å². The number of hydrogen-bond acceptors (Lipinski definition) is 3. The highest BCUT2D eigenvalue weighted by molar-refractivity contribution is 9.10. The minimum absolute atomic E-state index is 0.171. The lowest BCUT2D eigenvalue weighted by Crippen LogP contribution is -2.12. The lowest BCUT2D eigenvalue weighted by atomic mass is 10.2. The van der Waals surface area contributed by atoms with Crippen molar-refractivity contribution in [1.82, 2.24) is 4.98 Å². The first-order chi connectivity index (χ1) is 8.59. The van der Waals surface area contributed by atoms with E-state index in [9.17, 15) is 4.39 Å². The average Bonchev–Trinajstić information content (AvgIpc) is 2.36. The van der Waals surface area contributed by atoms with Crippen molar-refractivity contribution >= 4 is 33.5 Å². The van der Waals surface area contributed by atoms with Crippen LogP contribution in [0.15, 0.2) is 50.9 Å². The van der Waals surface area contributed by atoms with Crippen LogP contribution in [0.25, 0.3) is 0 Å². The zero-order chi connectivity index (χ0) is 13.1. The molecular weight excluding hydrogens is 317 g/mol. The highest BCUT2D eigenvalue weighted by Gasteiger charge is 2.14. The minimum Gasteiger partial charge on any atom is -0.384 e. The molecule has 92 valence electrons. The van der Waals surface area contributed by atoms with Crippen molar-refractivity contribution in [2.24, 2.45) is 5.73 Å². The average molecular weight is 326 g/mol. The molecule has 6 heteroatoms. The van der Waals surface area contributed by atoms with Crippen LogP contribution in [0, 0.1) is 11.2 Å². The summed E-state index contributed by atoms with van der Waals surface area (Å²) in [4.78, 5) is 4.55. The predicted octanol–water partition coefficient (Wildman–Crippen LogP) is 3.42. The molecule has 0 radical (unpaired) electrons. The van der Waals surface area contributed by atoms with E-state index in [2.05, 4.69) is 20.9 Å². The molecule has 0 atom stereocenters. The molecule has 0 unspecified atom stereocenters. The maximum atomic E-state index is 14.1. The maximum Gasteiger partial charge on any atom is 0.152 e. The third-order valence-corrected chi connectivity index (χ3v) is 3.95. The summed E-state index contributed by atoms with van der Waals surface area (Å²) in [6, 6.07) is 8.65. The third-order valence-electron chi connectivity index (χ3n) is 2.19. The van der Waals surface area contributed by atoms with E-state index in [-0.39, 0.29) is 10.3 Å². The smallest absolute Gasteiger partial charge is 0.152 e. The summed E-state index contributed by atoms with van der Waals surface area (Å²) in [5, 5.41) is 8.03. The van der Waals surface area contributed by atoms with Crippen molar-refractivity contribution in [2.75, 3.05) is 0 Å². The van der Waals surface area contributed by atoms with Gasteiger partial charge in [-0.15, -0.1) is 0 Å². The Morgan fingerprint density at radius 3 is 2.72 bits per heavy atom. The van der Waals surface area contributed by atoms with Gasteiger partial charge in [-0.05, 0) is 40.2 Å². The number of nitrogen functional groups attached to an aromatic ring is 1. The lowest BCUT2D eigenvalue weighted by molar-refractivity contribution is 0.594. The van der Waals surface area contributed by atoms with Crippen LogP contribution in [0.3, 0.4) is 0 Å². The number of nitrogens with one attached hydrogen (secondary N) is 1. The number of aromatic nitrogens is 1. The third kappa shape index (κ3) is 2.70. The number of nitrogens with two attached hydrogens (primary N) is 1. The van der Waals surface area contributed by atoms with Gasteiger partial charge in [0.15, 0.2) is 5.82 Å². The normalized spacial score (nSPS) is 10.3. The van der Waals surface area contributed by atoms with Crippen molar-refractivity contribution < 1.29 is 4.39 Å². The summed E-state index contributed by atoms with van der Waals surface area (Å²) in [7, 11) is 0. The second kappa shape index (κ2) is 5.49. The molecule has 3 nitrogen and oxygen atoms in total. The number of rotatable bonds is 3. The summed E-state index contributed by atoms with van der Waals surface area (Å²) in [5.41, 5.74) is 5.70. The number of nitrogens with zero attached hydrogens (tertiary/aromatic N) is 1. The zero-order valence-corrected chi connectivity index (χ0v) is 11.6. The van der Waals surface area contributed by atoms with Gasteiger partial charge in [0.05, 0.1) is 9.37 Å². The second-order valence-corrected chi connectivity index (χ2v) is 5.28. The monoisotopic (exact) mass is 325 g/mol. The SMILES string of the molecule is N=C(N)c1ccc(Sc2ccccn2)c(F)c1Br. The summed E-state index contributed by atoms with van der Waals surface area (Å²) >= 11 is 4.34. The van der Waals surface area contributed by atoms with Crippen molar-refractivity contribution in [3.63, 3.8) is 0 Å². The van der Waals surface area contributed by atoms with Crippen LogP contribution in [0.2, 0.25) is 0 Å². The van der Waals surface area contributed by atoms with Crippen molar-refractivity contribution in [1.29, 1.82) is 5.41 Å². The van der Waals surface area contributed by atoms with Gasteiger partial charge in [-0.1, -0.05) is 17.8 Å². The van der Waals surface area contributed by atoms with E-state index in [4.69, 9.17) is 11.1 Å². The molecule has 18 heavy (non-hydrogen) atoms. The van der Waals surface area contributed by atoms with E-state index < -0.39 is 5.82 Å². The van der Waals surface area contributed by atoms with Gasteiger partial charge < -0.3 is 5.73 Å². The molecule has 1 aromatic carbocycles. The van der Waals surface area contributed by atoms with Gasteiger partial charge in [-0.2, -0.15) is 0 Å². The molecule has 3 N–H and O–H groups in total. The number of halogens is 2. The molecule has 0 aliphatic carbocycles. The fourth-order valence-electron chi connectivity index (χ4n) is 1.34. The summed E-state index contributed by atoms with van der Waals surface area (Å²) < 4.78 is 14.3. The first-order valence-corrected chi connectivity index (χ1v) is 6.62. The largest absolute Gasteiger partial charge is 0.384 e. The van der Waals surface area contributed by atoms with Crippen LogP contribution in [0.4, 0.5) is 4.39 Å². The quantitative estimate of drug-likeness (QED) is 0.671. The molecule has 0 aliphatic heterocycles. The van der Waals surface area contributed by atoms with Gasteiger partial charge in [-0.3, -0.25) is 5.41 Å². The molecule has 0 saturated heterocycles. The van der Waals surface area contributed by atoms with E-state index in [0.717, 1.165) is 0 Å². The number of hydrogen-bond donors (Lipinski definition) is 2. The molecule has 0 spiro atoms. The molecule has 1 aromatic heterocycles. The first-order valence-electron chi connectivity index (χ1n) is 5.01. The molecule has 2 rings (SSSR count). The first kappa shape index (κ1) is 13.0. The van der Waals surface area contributed by atoms with E-state index in [1.807, 2.05) is 6.07 Å². The van der Waals surface area contributed by atoms with Crippen LogP contribution in [-0.4, -0.2) is 10.8 Å². The Hall–Kier alpha value is -1.40. The highest BCUT2D eigenvalue weighted by atomic mass is 79.9. The molecule has 0 saturated carbocycles. The van der Waals surface area contributed by atoms with Crippen LogP contribution in [-0.2, 0) is 0 Å². The van der Waals surface area contributed by atoms with Gasteiger partial charge >= 0.3 is 0 Å². The van der Waals surface area contributed by atoms with Gasteiger partial charge in [-0.25, -0.2) is 9.37 Å². The van der Waals surface area contributed by atoms with E-state index in [0.29, 0.717) is 15.5 Å². The van der Waals surface area contributed by atoms with Crippen LogP contribution in [0.5, 0.6) is 0 Å². The zero-order valence-electron chi connectivity index (χ0n) is 9.15. The molecule has 0 fully saturated rings. The fraction of sp³-hybridized carbons (Fsp3) is 0. The van der Waals surface area contributed by atoms with E-state index >= 15 is 0 Å². The Morgan fingerprint density at radius 1 is 1.33 bits per heavy atom. The molecule has 1 heterocycles.